The summed E-state index contributed by atoms with van der Waals surface area (Å²) in [5.41, 5.74) is 16.3. The topological polar surface area (TPSA) is 62.5 Å². The van der Waals surface area contributed by atoms with E-state index in [1.165, 1.54) is 65.7 Å². The highest BCUT2D eigenvalue weighted by atomic mass is 15.0. The van der Waals surface area contributed by atoms with Crippen LogP contribution in [0, 0.1) is 11.3 Å². The standard InChI is InChI=1S/C64H38N4/c65-39-47-37-45(51-20-7-6-18-48(51)41-27-29-42(30-28-41)50-23-12-24-53-49-19-5-4-13-40(49)31-35-55(50)53)32-34-52(47)54-21-8-9-22-59(54)64-67-62(44-14-2-1-3-15-44)66-63(68-64)46-33-36-56-57-25-10-16-43-17-11-26-58(61(43)57)60(56)38-46/h1-38H. The summed E-state index contributed by atoms with van der Waals surface area (Å²) in [5.74, 6) is 1.70. The third kappa shape index (κ3) is 6.48. The Morgan fingerprint density at radius 3 is 1.56 bits per heavy atom. The largest absolute Gasteiger partial charge is 0.208 e. The summed E-state index contributed by atoms with van der Waals surface area (Å²) in [5, 5.41) is 18.4. The molecule has 12 aromatic rings. The molecule has 1 heterocycles. The number of fused-ring (bicyclic) bond motifs is 6. The van der Waals surface area contributed by atoms with Crippen LogP contribution in [0.25, 0.3) is 133 Å². The Hall–Kier alpha value is -9.30. The van der Waals surface area contributed by atoms with Crippen LogP contribution in [0.15, 0.2) is 231 Å². The van der Waals surface area contributed by atoms with Crippen molar-refractivity contribution in [2.24, 2.45) is 0 Å². The van der Waals surface area contributed by atoms with Crippen molar-refractivity contribution in [1.82, 2.24) is 15.0 Å². The second-order valence-corrected chi connectivity index (χ2v) is 17.4. The summed E-state index contributed by atoms with van der Waals surface area (Å²) >= 11 is 0. The molecule has 13 rings (SSSR count). The van der Waals surface area contributed by atoms with Gasteiger partial charge in [0.1, 0.15) is 0 Å². The second-order valence-electron chi connectivity index (χ2n) is 17.4. The lowest BCUT2D eigenvalue weighted by molar-refractivity contribution is 1.07. The van der Waals surface area contributed by atoms with E-state index in [9.17, 15) is 5.26 Å². The predicted molar refractivity (Wildman–Crippen MR) is 280 cm³/mol. The molecule has 68 heavy (non-hydrogen) atoms. The first kappa shape index (κ1) is 39.1. The molecule has 0 spiro atoms. The number of aromatic nitrogens is 3. The Kier molecular flexibility index (Phi) is 9.20. The number of nitrogens with zero attached hydrogens (tertiary/aromatic N) is 4. The minimum atomic E-state index is 0.536. The fourth-order valence-electron chi connectivity index (χ4n) is 10.3. The molecular weight excluding hydrogens is 825 g/mol. The van der Waals surface area contributed by atoms with E-state index in [2.05, 4.69) is 182 Å². The molecule has 0 aliphatic heterocycles. The molecule has 314 valence electrons. The number of rotatable bonds is 7. The first-order chi connectivity index (χ1) is 33.7. The molecule has 0 amide bonds. The van der Waals surface area contributed by atoms with E-state index in [4.69, 9.17) is 15.0 Å². The zero-order valence-corrected chi connectivity index (χ0v) is 36.7. The summed E-state index contributed by atoms with van der Waals surface area (Å²) < 4.78 is 0. The third-order valence-corrected chi connectivity index (χ3v) is 13.6. The van der Waals surface area contributed by atoms with E-state index < -0.39 is 0 Å². The molecule has 4 nitrogen and oxygen atoms in total. The lowest BCUT2D eigenvalue weighted by Crippen LogP contribution is -2.01. The van der Waals surface area contributed by atoms with Crippen molar-refractivity contribution in [3.05, 3.63) is 236 Å². The van der Waals surface area contributed by atoms with Gasteiger partial charge in [-0.1, -0.05) is 218 Å². The van der Waals surface area contributed by atoms with Gasteiger partial charge in [0.25, 0.3) is 0 Å². The Bertz CT molecular complexity index is 4030. The number of benzene rings is 11. The van der Waals surface area contributed by atoms with Crippen LogP contribution in [0.5, 0.6) is 0 Å². The van der Waals surface area contributed by atoms with E-state index in [1.807, 2.05) is 54.6 Å². The van der Waals surface area contributed by atoms with Crippen molar-refractivity contribution in [2.75, 3.05) is 0 Å². The maximum atomic E-state index is 10.9. The lowest BCUT2D eigenvalue weighted by atomic mass is 9.89. The molecule has 0 atom stereocenters. The molecule has 0 bridgehead atoms. The molecule has 0 radical (unpaired) electrons. The Balaban J connectivity index is 0.875. The molecule has 0 saturated carbocycles. The Morgan fingerprint density at radius 2 is 0.779 bits per heavy atom. The molecule has 1 aromatic heterocycles. The fraction of sp³-hybridized carbons (Fsp3) is 0. The van der Waals surface area contributed by atoms with E-state index >= 15 is 0 Å². The maximum absolute atomic E-state index is 10.9. The first-order valence-electron chi connectivity index (χ1n) is 22.9. The van der Waals surface area contributed by atoms with Crippen molar-refractivity contribution in [2.45, 2.75) is 0 Å². The fourth-order valence-corrected chi connectivity index (χ4v) is 10.3. The smallest absolute Gasteiger partial charge is 0.164 e. The molecule has 1 aliphatic rings. The average molecular weight is 863 g/mol. The average Bonchev–Trinajstić information content (AvgIpc) is 3.74. The van der Waals surface area contributed by atoms with Crippen molar-refractivity contribution in [3.8, 4) is 107 Å². The van der Waals surface area contributed by atoms with Crippen LogP contribution in [0.3, 0.4) is 0 Å². The third-order valence-electron chi connectivity index (χ3n) is 13.6. The molecule has 0 saturated heterocycles. The number of hydrogen-bond acceptors (Lipinski definition) is 4. The second kappa shape index (κ2) is 16.0. The maximum Gasteiger partial charge on any atom is 0.164 e. The van der Waals surface area contributed by atoms with Crippen LogP contribution in [0.1, 0.15) is 5.56 Å². The normalized spacial score (nSPS) is 11.5. The Labute approximate surface area is 393 Å². The molecule has 4 heteroatoms. The van der Waals surface area contributed by atoms with E-state index in [0.29, 0.717) is 23.0 Å². The highest BCUT2D eigenvalue weighted by Crippen LogP contribution is 2.48. The van der Waals surface area contributed by atoms with Gasteiger partial charge in [0.05, 0.1) is 11.6 Å². The molecular formula is C64H38N4. The molecule has 11 aromatic carbocycles. The molecule has 0 unspecified atom stereocenters. The zero-order chi connectivity index (χ0) is 45.1. The van der Waals surface area contributed by atoms with Crippen LogP contribution in [-0.4, -0.2) is 15.0 Å². The van der Waals surface area contributed by atoms with Crippen LogP contribution >= 0.6 is 0 Å². The lowest BCUT2D eigenvalue weighted by Gasteiger charge is -2.15. The van der Waals surface area contributed by atoms with Crippen molar-refractivity contribution < 1.29 is 0 Å². The van der Waals surface area contributed by atoms with E-state index in [0.717, 1.165) is 50.1 Å². The van der Waals surface area contributed by atoms with Gasteiger partial charge in [-0.2, -0.15) is 5.26 Å². The van der Waals surface area contributed by atoms with Gasteiger partial charge in [0.15, 0.2) is 17.5 Å². The van der Waals surface area contributed by atoms with Crippen molar-refractivity contribution in [1.29, 1.82) is 5.26 Å². The van der Waals surface area contributed by atoms with Gasteiger partial charge in [-0.15, -0.1) is 0 Å². The summed E-state index contributed by atoms with van der Waals surface area (Å²) in [6, 6.07) is 83.3. The van der Waals surface area contributed by atoms with Crippen molar-refractivity contribution in [3.63, 3.8) is 0 Å². The van der Waals surface area contributed by atoms with Crippen LogP contribution in [0.4, 0.5) is 0 Å². The summed E-state index contributed by atoms with van der Waals surface area (Å²) in [7, 11) is 0. The highest BCUT2D eigenvalue weighted by molar-refractivity contribution is 6.16. The van der Waals surface area contributed by atoms with E-state index in [-0.39, 0.29) is 0 Å². The monoisotopic (exact) mass is 862 g/mol. The molecule has 0 N–H and O–H groups in total. The van der Waals surface area contributed by atoms with Crippen LogP contribution < -0.4 is 0 Å². The van der Waals surface area contributed by atoms with Crippen molar-refractivity contribution >= 4 is 32.3 Å². The SMILES string of the molecule is N#Cc1cc(-c2ccccc2-c2ccc(-c3cccc4c3ccc3ccccc34)cc2)ccc1-c1ccccc1-c1nc(-c2ccccc2)nc(-c2ccc3c(c2)-c2cccc4cccc-3c24)n1. The zero-order valence-electron chi connectivity index (χ0n) is 36.7. The summed E-state index contributed by atoms with van der Waals surface area (Å²) in [6.07, 6.45) is 0. The summed E-state index contributed by atoms with van der Waals surface area (Å²) in [4.78, 5) is 15.5. The van der Waals surface area contributed by atoms with Crippen LogP contribution in [-0.2, 0) is 0 Å². The van der Waals surface area contributed by atoms with Gasteiger partial charge in [0.2, 0.25) is 0 Å². The van der Waals surface area contributed by atoms with E-state index in [1.54, 1.807) is 0 Å². The van der Waals surface area contributed by atoms with Gasteiger partial charge >= 0.3 is 0 Å². The Morgan fingerprint density at radius 1 is 0.265 bits per heavy atom. The minimum Gasteiger partial charge on any atom is -0.208 e. The van der Waals surface area contributed by atoms with Crippen LogP contribution in [0.2, 0.25) is 0 Å². The van der Waals surface area contributed by atoms with Gasteiger partial charge in [-0.05, 0) is 106 Å². The number of nitriles is 1. The van der Waals surface area contributed by atoms with Gasteiger partial charge < -0.3 is 0 Å². The predicted octanol–water partition coefficient (Wildman–Crippen LogP) is 16.5. The molecule has 1 aliphatic carbocycles. The first-order valence-corrected chi connectivity index (χ1v) is 22.9. The summed E-state index contributed by atoms with van der Waals surface area (Å²) in [6.45, 7) is 0. The van der Waals surface area contributed by atoms with Gasteiger partial charge in [-0.3, -0.25) is 0 Å². The quantitative estimate of drug-likeness (QED) is 0.150. The highest BCUT2D eigenvalue weighted by Gasteiger charge is 2.23. The van der Waals surface area contributed by atoms with Gasteiger partial charge in [0, 0.05) is 22.3 Å². The minimum absolute atomic E-state index is 0.536. The van der Waals surface area contributed by atoms with Gasteiger partial charge in [-0.25, -0.2) is 15.0 Å². The number of hydrogen-bond donors (Lipinski definition) is 0. The molecule has 0 fully saturated rings.